The Morgan fingerprint density at radius 1 is 1.37 bits per heavy atom. The lowest BCUT2D eigenvalue weighted by Crippen LogP contribution is -2.27. The first-order valence-electron chi connectivity index (χ1n) is 7.26. The Bertz CT molecular complexity index is 373. The van der Waals surface area contributed by atoms with Crippen molar-refractivity contribution in [3.05, 3.63) is 11.7 Å². The molecule has 5 heteroatoms. The van der Waals surface area contributed by atoms with Gasteiger partial charge < -0.3 is 14.6 Å². The third kappa shape index (κ3) is 4.01. The van der Waals surface area contributed by atoms with E-state index < -0.39 is 0 Å². The largest absolute Gasteiger partial charge is 0.373 e. The van der Waals surface area contributed by atoms with Crippen LogP contribution in [0.25, 0.3) is 0 Å². The normalized spacial score (nSPS) is 18.9. The molecule has 108 valence electrons. The predicted octanol–water partition coefficient (Wildman–Crippen LogP) is 2.35. The Morgan fingerprint density at radius 3 is 2.74 bits per heavy atom. The maximum Gasteiger partial charge on any atom is 0.226 e. The van der Waals surface area contributed by atoms with Gasteiger partial charge in [0.25, 0.3) is 0 Å². The van der Waals surface area contributed by atoms with Crippen molar-refractivity contribution in [2.75, 3.05) is 20.2 Å². The summed E-state index contributed by atoms with van der Waals surface area (Å²) in [5, 5.41) is 7.43. The highest BCUT2D eigenvalue weighted by molar-refractivity contribution is 4.93. The van der Waals surface area contributed by atoms with Crippen LogP contribution in [-0.2, 0) is 11.2 Å². The number of methoxy groups -OCH3 is 1. The Kier molecular flexibility index (Phi) is 5.34. The van der Waals surface area contributed by atoms with Gasteiger partial charge in [-0.15, -0.1) is 0 Å². The van der Waals surface area contributed by atoms with E-state index in [0.717, 1.165) is 37.7 Å². The topological polar surface area (TPSA) is 60.2 Å². The Labute approximate surface area is 115 Å². The van der Waals surface area contributed by atoms with E-state index in [1.54, 1.807) is 7.11 Å². The smallest absolute Gasteiger partial charge is 0.226 e. The average Bonchev–Trinajstić information content (AvgIpc) is 2.87. The monoisotopic (exact) mass is 267 g/mol. The number of ether oxygens (including phenoxy) is 1. The maximum atomic E-state index is 5.41. The van der Waals surface area contributed by atoms with Gasteiger partial charge in [0.2, 0.25) is 11.7 Å². The summed E-state index contributed by atoms with van der Waals surface area (Å²) in [6.45, 7) is 6.47. The minimum absolute atomic E-state index is 0.0728. The van der Waals surface area contributed by atoms with E-state index in [9.17, 15) is 0 Å². The lowest BCUT2D eigenvalue weighted by atomic mass is 9.93. The number of nitrogens with zero attached hydrogens (tertiary/aromatic N) is 2. The standard InChI is InChI=1S/C14H25N3O2/c1-10(2)13(18-3)14-16-12(19-17-14)5-4-11-6-8-15-9-7-11/h10-11,13,15H,4-9H2,1-3H3. The number of piperidine rings is 1. The molecule has 2 heterocycles. The van der Waals surface area contributed by atoms with Crippen LogP contribution in [0.15, 0.2) is 4.52 Å². The molecule has 1 aliphatic heterocycles. The molecule has 0 spiro atoms. The fraction of sp³-hybridized carbons (Fsp3) is 0.857. The van der Waals surface area contributed by atoms with Crippen LogP contribution in [0.4, 0.5) is 0 Å². The van der Waals surface area contributed by atoms with E-state index in [1.807, 2.05) is 0 Å². The van der Waals surface area contributed by atoms with Crippen LogP contribution in [0, 0.1) is 11.8 Å². The van der Waals surface area contributed by atoms with Crippen LogP contribution in [0.3, 0.4) is 0 Å². The summed E-state index contributed by atoms with van der Waals surface area (Å²) in [7, 11) is 1.69. The number of hydrogen-bond acceptors (Lipinski definition) is 5. The second-order valence-electron chi connectivity index (χ2n) is 5.68. The molecule has 1 aromatic heterocycles. The number of aromatic nitrogens is 2. The van der Waals surface area contributed by atoms with E-state index in [-0.39, 0.29) is 6.10 Å². The molecule has 0 radical (unpaired) electrons. The van der Waals surface area contributed by atoms with Crippen molar-refractivity contribution in [1.29, 1.82) is 0 Å². The van der Waals surface area contributed by atoms with Crippen LogP contribution in [0.1, 0.15) is 50.9 Å². The predicted molar refractivity (Wildman–Crippen MR) is 72.8 cm³/mol. The molecule has 1 fully saturated rings. The van der Waals surface area contributed by atoms with Crippen LogP contribution in [-0.4, -0.2) is 30.3 Å². The molecule has 0 aliphatic carbocycles. The molecule has 0 aromatic carbocycles. The molecule has 5 nitrogen and oxygen atoms in total. The van der Waals surface area contributed by atoms with E-state index in [0.29, 0.717) is 11.7 Å². The average molecular weight is 267 g/mol. The van der Waals surface area contributed by atoms with Crippen molar-refractivity contribution in [2.24, 2.45) is 11.8 Å². The second kappa shape index (κ2) is 7.01. The summed E-state index contributed by atoms with van der Waals surface area (Å²) in [5.74, 6) is 2.56. The molecule has 0 saturated carbocycles. The maximum absolute atomic E-state index is 5.41. The number of rotatable bonds is 6. The highest BCUT2D eigenvalue weighted by Gasteiger charge is 2.22. The number of nitrogens with one attached hydrogen (secondary N) is 1. The molecule has 1 saturated heterocycles. The fourth-order valence-electron chi connectivity index (χ4n) is 2.66. The molecule has 1 N–H and O–H groups in total. The van der Waals surface area contributed by atoms with E-state index in [2.05, 4.69) is 29.3 Å². The summed E-state index contributed by atoms with van der Waals surface area (Å²) in [4.78, 5) is 4.47. The zero-order chi connectivity index (χ0) is 13.7. The van der Waals surface area contributed by atoms with Gasteiger partial charge in [-0.3, -0.25) is 0 Å². The zero-order valence-corrected chi connectivity index (χ0v) is 12.2. The van der Waals surface area contributed by atoms with Gasteiger partial charge in [0.1, 0.15) is 6.10 Å². The van der Waals surface area contributed by atoms with Gasteiger partial charge in [0.05, 0.1) is 0 Å². The first-order valence-corrected chi connectivity index (χ1v) is 7.26. The van der Waals surface area contributed by atoms with Crippen LogP contribution < -0.4 is 5.32 Å². The molecular formula is C14H25N3O2. The fourth-order valence-corrected chi connectivity index (χ4v) is 2.66. The van der Waals surface area contributed by atoms with Gasteiger partial charge in [-0.25, -0.2) is 0 Å². The molecule has 1 aliphatic rings. The van der Waals surface area contributed by atoms with Crippen molar-refractivity contribution in [3.8, 4) is 0 Å². The SMILES string of the molecule is COC(c1noc(CCC2CCNCC2)n1)C(C)C. The Balaban J connectivity index is 1.86. The minimum Gasteiger partial charge on any atom is -0.373 e. The van der Waals surface area contributed by atoms with Gasteiger partial charge in [-0.2, -0.15) is 4.98 Å². The van der Waals surface area contributed by atoms with Crippen LogP contribution in [0.5, 0.6) is 0 Å². The van der Waals surface area contributed by atoms with Crippen molar-refractivity contribution in [1.82, 2.24) is 15.5 Å². The molecule has 0 bridgehead atoms. The van der Waals surface area contributed by atoms with Crippen LogP contribution >= 0.6 is 0 Å². The second-order valence-corrected chi connectivity index (χ2v) is 5.68. The van der Waals surface area contributed by atoms with Crippen molar-refractivity contribution in [2.45, 2.75) is 45.6 Å². The summed E-state index contributed by atoms with van der Waals surface area (Å²) in [6.07, 6.45) is 4.47. The van der Waals surface area contributed by atoms with E-state index in [1.165, 1.54) is 12.8 Å². The minimum atomic E-state index is -0.0728. The molecule has 19 heavy (non-hydrogen) atoms. The zero-order valence-electron chi connectivity index (χ0n) is 12.2. The molecule has 1 unspecified atom stereocenters. The van der Waals surface area contributed by atoms with Crippen LogP contribution in [0.2, 0.25) is 0 Å². The number of aryl methyl sites for hydroxylation is 1. The summed E-state index contributed by atoms with van der Waals surface area (Å²) >= 11 is 0. The van der Waals surface area contributed by atoms with E-state index >= 15 is 0 Å². The Hall–Kier alpha value is -0.940. The highest BCUT2D eigenvalue weighted by atomic mass is 16.5. The van der Waals surface area contributed by atoms with Crippen molar-refractivity contribution >= 4 is 0 Å². The first-order chi connectivity index (χ1) is 9.20. The molecule has 1 aromatic rings. The van der Waals surface area contributed by atoms with Gasteiger partial charge in [-0.05, 0) is 44.2 Å². The lowest BCUT2D eigenvalue weighted by molar-refractivity contribution is 0.0555. The van der Waals surface area contributed by atoms with E-state index in [4.69, 9.17) is 9.26 Å². The highest BCUT2D eigenvalue weighted by Crippen LogP contribution is 2.23. The first kappa shape index (κ1) is 14.5. The lowest BCUT2D eigenvalue weighted by Gasteiger charge is -2.21. The summed E-state index contributed by atoms with van der Waals surface area (Å²) < 4.78 is 10.7. The number of hydrogen-bond donors (Lipinski definition) is 1. The molecule has 1 atom stereocenters. The molecule has 2 rings (SSSR count). The quantitative estimate of drug-likeness (QED) is 0.857. The van der Waals surface area contributed by atoms with Gasteiger partial charge in [-0.1, -0.05) is 19.0 Å². The third-order valence-corrected chi connectivity index (χ3v) is 3.82. The summed E-state index contributed by atoms with van der Waals surface area (Å²) in [5.41, 5.74) is 0. The van der Waals surface area contributed by atoms with Crippen molar-refractivity contribution < 1.29 is 9.26 Å². The van der Waals surface area contributed by atoms with Gasteiger partial charge >= 0.3 is 0 Å². The summed E-state index contributed by atoms with van der Waals surface area (Å²) in [6, 6.07) is 0. The molecular weight excluding hydrogens is 242 g/mol. The van der Waals surface area contributed by atoms with Gasteiger partial charge in [0, 0.05) is 13.5 Å². The molecule has 0 amide bonds. The Morgan fingerprint density at radius 2 is 2.11 bits per heavy atom. The third-order valence-electron chi connectivity index (χ3n) is 3.82. The van der Waals surface area contributed by atoms with Gasteiger partial charge in [0.15, 0.2) is 0 Å². The van der Waals surface area contributed by atoms with Crippen molar-refractivity contribution in [3.63, 3.8) is 0 Å².